The van der Waals surface area contributed by atoms with Gasteiger partial charge >= 0.3 is 0 Å². The van der Waals surface area contributed by atoms with Crippen LogP contribution < -0.4 is 15.5 Å². The summed E-state index contributed by atoms with van der Waals surface area (Å²) in [4.78, 5) is 23.2. The zero-order valence-corrected chi connectivity index (χ0v) is 18.9. The first kappa shape index (κ1) is 19.6. The standard InChI is InChI=1S/C25H25N9/c1-32-8-10-33(11-9-32)22-12-17(4-5-26-22)29-25-28-14-19-18(13-20-24(30-20)23(19)31-25)16-2-3-21-27-6-7-34(21)15-16/h2-7,12-15,20,24,30H,8-11H2,1H3,(H,26,28,29,31)/t20-,24?/m0/s1. The van der Waals surface area contributed by atoms with Gasteiger partial charge in [-0.05, 0) is 36.4 Å². The van der Waals surface area contributed by atoms with Crippen LogP contribution in [0.1, 0.15) is 22.9 Å². The van der Waals surface area contributed by atoms with Crippen molar-refractivity contribution in [1.82, 2.24) is 34.6 Å². The molecule has 0 saturated carbocycles. The van der Waals surface area contributed by atoms with Crippen LogP contribution in [0.15, 0.2) is 61.3 Å². The fraction of sp³-hybridized carbons (Fsp3) is 0.280. The Hall–Kier alpha value is -3.82. The Morgan fingerprint density at radius 1 is 1.03 bits per heavy atom. The maximum Gasteiger partial charge on any atom is 0.227 e. The van der Waals surface area contributed by atoms with E-state index in [2.05, 4.69) is 66.8 Å². The summed E-state index contributed by atoms with van der Waals surface area (Å²) in [6.45, 7) is 4.06. The summed E-state index contributed by atoms with van der Waals surface area (Å²) in [6.07, 6.45) is 12.0. The molecule has 2 aliphatic heterocycles. The van der Waals surface area contributed by atoms with Crippen LogP contribution in [0.3, 0.4) is 0 Å². The van der Waals surface area contributed by atoms with Crippen LogP contribution in [0.5, 0.6) is 0 Å². The molecule has 0 aromatic carbocycles. The highest BCUT2D eigenvalue weighted by Gasteiger charge is 2.43. The van der Waals surface area contributed by atoms with E-state index in [9.17, 15) is 0 Å². The second-order valence-corrected chi connectivity index (χ2v) is 9.17. The largest absolute Gasteiger partial charge is 0.354 e. The molecule has 0 amide bonds. The van der Waals surface area contributed by atoms with Crippen LogP contribution in [0.25, 0.3) is 11.2 Å². The lowest BCUT2D eigenvalue weighted by Crippen LogP contribution is -2.44. The third-order valence-corrected chi connectivity index (χ3v) is 6.90. The highest BCUT2D eigenvalue weighted by molar-refractivity contribution is 5.84. The molecule has 2 fully saturated rings. The minimum atomic E-state index is 0.248. The van der Waals surface area contributed by atoms with Crippen molar-refractivity contribution in [3.8, 4) is 0 Å². The van der Waals surface area contributed by atoms with E-state index in [1.54, 1.807) is 0 Å². The lowest BCUT2D eigenvalue weighted by molar-refractivity contribution is 0.312. The lowest BCUT2D eigenvalue weighted by atomic mass is 9.92. The Labute approximate surface area is 197 Å². The second kappa shape index (κ2) is 7.61. The van der Waals surface area contributed by atoms with Crippen molar-refractivity contribution < 1.29 is 0 Å². The first-order valence-electron chi connectivity index (χ1n) is 11.7. The van der Waals surface area contributed by atoms with Gasteiger partial charge in [0.05, 0.1) is 11.7 Å². The van der Waals surface area contributed by atoms with Crippen molar-refractivity contribution in [2.75, 3.05) is 43.4 Å². The summed E-state index contributed by atoms with van der Waals surface area (Å²) in [6, 6.07) is 8.76. The molecule has 9 heteroatoms. The molecule has 7 rings (SSSR count). The van der Waals surface area contributed by atoms with E-state index in [1.165, 1.54) is 0 Å². The van der Waals surface area contributed by atoms with Crippen molar-refractivity contribution in [1.29, 1.82) is 0 Å². The molecule has 2 N–H and O–H groups in total. The van der Waals surface area contributed by atoms with Crippen molar-refractivity contribution >= 4 is 28.7 Å². The van der Waals surface area contributed by atoms with E-state index in [0.29, 0.717) is 12.0 Å². The van der Waals surface area contributed by atoms with Gasteiger partial charge in [0.25, 0.3) is 0 Å². The Morgan fingerprint density at radius 2 is 1.94 bits per heavy atom. The molecule has 0 bridgehead atoms. The average Bonchev–Trinajstić information content (AvgIpc) is 3.51. The van der Waals surface area contributed by atoms with Gasteiger partial charge in [0.1, 0.15) is 11.5 Å². The number of anilines is 3. The van der Waals surface area contributed by atoms with Crippen LogP contribution in [0.2, 0.25) is 0 Å². The Kier molecular flexibility index (Phi) is 4.39. The first-order chi connectivity index (χ1) is 16.7. The van der Waals surface area contributed by atoms with Crippen LogP contribution in [-0.2, 0) is 0 Å². The SMILES string of the molecule is CN1CCN(c2cc(Nc3ncc4c(n3)C3N[C@H]3C=C4c3ccc4nccn4c3)ccn2)CC1. The molecule has 9 nitrogen and oxygen atoms in total. The van der Waals surface area contributed by atoms with E-state index < -0.39 is 0 Å². The van der Waals surface area contributed by atoms with E-state index in [1.807, 2.05) is 41.3 Å². The van der Waals surface area contributed by atoms with Crippen LogP contribution >= 0.6 is 0 Å². The fourth-order valence-electron chi connectivity index (χ4n) is 4.88. The number of nitrogens with zero attached hydrogens (tertiary/aromatic N) is 7. The molecule has 4 aromatic rings. The number of piperazine rings is 1. The first-order valence-corrected chi connectivity index (χ1v) is 11.7. The normalized spacial score (nSPS) is 21.7. The fourth-order valence-corrected chi connectivity index (χ4v) is 4.88. The molecular formula is C25H25N9. The second-order valence-electron chi connectivity index (χ2n) is 9.17. The van der Waals surface area contributed by atoms with E-state index in [-0.39, 0.29) is 6.04 Å². The third-order valence-electron chi connectivity index (χ3n) is 6.90. The molecule has 0 radical (unpaired) electrons. The molecule has 4 aromatic heterocycles. The molecule has 34 heavy (non-hydrogen) atoms. The number of likely N-dealkylation sites (N-methyl/N-ethyl adjacent to an activating group) is 1. The number of nitrogens with one attached hydrogen (secondary N) is 2. The molecule has 1 aliphatic carbocycles. The third kappa shape index (κ3) is 3.41. The summed E-state index contributed by atoms with van der Waals surface area (Å²) in [7, 11) is 2.16. The Morgan fingerprint density at radius 3 is 2.85 bits per heavy atom. The van der Waals surface area contributed by atoms with Gasteiger partial charge in [-0.25, -0.2) is 19.9 Å². The molecule has 1 unspecified atom stereocenters. The highest BCUT2D eigenvalue weighted by Crippen LogP contribution is 2.42. The zero-order valence-electron chi connectivity index (χ0n) is 18.9. The molecule has 2 saturated heterocycles. The quantitative estimate of drug-likeness (QED) is 0.457. The average molecular weight is 452 g/mol. The smallest absolute Gasteiger partial charge is 0.227 e. The summed E-state index contributed by atoms with van der Waals surface area (Å²) in [5.74, 6) is 1.59. The van der Waals surface area contributed by atoms with Crippen LogP contribution in [0, 0.1) is 0 Å². The van der Waals surface area contributed by atoms with Crippen LogP contribution in [0.4, 0.5) is 17.5 Å². The number of rotatable bonds is 4. The lowest BCUT2D eigenvalue weighted by Gasteiger charge is -2.33. The summed E-state index contributed by atoms with van der Waals surface area (Å²) >= 11 is 0. The van der Waals surface area contributed by atoms with Crippen molar-refractivity contribution in [3.05, 3.63) is 78.1 Å². The van der Waals surface area contributed by atoms with Gasteiger partial charge in [-0.1, -0.05) is 6.08 Å². The molecule has 0 spiro atoms. The van der Waals surface area contributed by atoms with Crippen molar-refractivity contribution in [3.63, 3.8) is 0 Å². The summed E-state index contributed by atoms with van der Waals surface area (Å²) in [5, 5.41) is 6.93. The maximum absolute atomic E-state index is 4.93. The van der Waals surface area contributed by atoms with Gasteiger partial charge in [-0.15, -0.1) is 0 Å². The Balaban J connectivity index is 1.17. The predicted octanol–water partition coefficient (Wildman–Crippen LogP) is 2.47. The highest BCUT2D eigenvalue weighted by atomic mass is 15.3. The van der Waals surface area contributed by atoms with Gasteiger partial charge in [-0.2, -0.15) is 0 Å². The maximum atomic E-state index is 4.93. The van der Waals surface area contributed by atoms with Crippen molar-refractivity contribution in [2.24, 2.45) is 0 Å². The van der Waals surface area contributed by atoms with Crippen LogP contribution in [-0.4, -0.2) is 68.5 Å². The zero-order chi connectivity index (χ0) is 22.6. The topological polar surface area (TPSA) is 96.4 Å². The predicted molar refractivity (Wildman–Crippen MR) is 131 cm³/mol. The number of hydrogen-bond donors (Lipinski definition) is 2. The monoisotopic (exact) mass is 451 g/mol. The summed E-state index contributed by atoms with van der Waals surface area (Å²) < 4.78 is 2.04. The van der Waals surface area contributed by atoms with Gasteiger partial charge in [0.15, 0.2) is 0 Å². The van der Waals surface area contributed by atoms with Gasteiger partial charge in [0, 0.05) is 80.5 Å². The van der Waals surface area contributed by atoms with E-state index in [4.69, 9.17) is 4.98 Å². The van der Waals surface area contributed by atoms with Crippen molar-refractivity contribution in [2.45, 2.75) is 12.1 Å². The molecular weight excluding hydrogens is 426 g/mol. The molecule has 2 atom stereocenters. The number of fused-ring (bicyclic) bond motifs is 4. The van der Waals surface area contributed by atoms with E-state index >= 15 is 0 Å². The summed E-state index contributed by atoms with van der Waals surface area (Å²) in [5.41, 5.74) is 6.29. The molecule has 170 valence electrons. The minimum Gasteiger partial charge on any atom is -0.354 e. The molecule has 3 aliphatic rings. The number of hydrogen-bond acceptors (Lipinski definition) is 8. The number of pyridine rings is 2. The van der Waals surface area contributed by atoms with Gasteiger partial charge < -0.3 is 19.5 Å². The minimum absolute atomic E-state index is 0.248. The van der Waals surface area contributed by atoms with Gasteiger partial charge in [0.2, 0.25) is 5.95 Å². The number of aromatic nitrogens is 5. The molecule has 6 heterocycles. The van der Waals surface area contributed by atoms with E-state index in [0.717, 1.165) is 65.7 Å². The Bertz CT molecular complexity index is 1420. The van der Waals surface area contributed by atoms with Gasteiger partial charge in [-0.3, -0.25) is 5.32 Å². The number of imidazole rings is 1.